The number of hydrogen-bond acceptors (Lipinski definition) is 7. The Morgan fingerprint density at radius 3 is 2.79 bits per heavy atom. The van der Waals surface area contributed by atoms with E-state index in [1.165, 1.54) is 11.2 Å². The molecule has 3 heterocycles. The lowest BCUT2D eigenvalue weighted by Crippen LogP contribution is -2.38. The zero-order valence-electron chi connectivity index (χ0n) is 15.2. The van der Waals surface area contributed by atoms with Crippen LogP contribution in [0.3, 0.4) is 0 Å². The van der Waals surface area contributed by atoms with Gasteiger partial charge >= 0.3 is 0 Å². The average Bonchev–Trinajstić information content (AvgIpc) is 3.07. The molecule has 1 aromatic carbocycles. The largest absolute Gasteiger partial charge is 0.338 e. The van der Waals surface area contributed by atoms with Crippen molar-refractivity contribution in [3.63, 3.8) is 0 Å². The molecule has 1 fully saturated rings. The standard InChI is InChI=1S/C19H19N5O3S/c1-24(14-7-9-28(26,27)11-14)19(25)16-10-17(22-12-21-16)23-15-6-2-4-13-5-3-8-20-18(13)15/h2-6,8,10,12,14H,7,9,11H2,1H3,(H,21,22,23). The van der Waals surface area contributed by atoms with Crippen LogP contribution in [0.5, 0.6) is 0 Å². The fourth-order valence-electron chi connectivity index (χ4n) is 3.31. The number of carbonyl (C=O) groups is 1. The van der Waals surface area contributed by atoms with Crippen LogP contribution < -0.4 is 5.32 Å². The van der Waals surface area contributed by atoms with Gasteiger partial charge in [-0.25, -0.2) is 18.4 Å². The Morgan fingerprint density at radius 1 is 1.18 bits per heavy atom. The van der Waals surface area contributed by atoms with E-state index in [0.717, 1.165) is 16.6 Å². The fraction of sp³-hybridized carbons (Fsp3) is 0.263. The molecule has 3 aromatic rings. The molecule has 0 spiro atoms. The third kappa shape index (κ3) is 3.65. The Labute approximate surface area is 162 Å². The van der Waals surface area contributed by atoms with Crippen molar-refractivity contribution in [2.24, 2.45) is 0 Å². The minimum atomic E-state index is -3.07. The van der Waals surface area contributed by atoms with Gasteiger partial charge < -0.3 is 10.2 Å². The number of anilines is 2. The highest BCUT2D eigenvalue weighted by Gasteiger charge is 2.33. The predicted molar refractivity (Wildman–Crippen MR) is 106 cm³/mol. The van der Waals surface area contributed by atoms with Crippen LogP contribution >= 0.6 is 0 Å². The van der Waals surface area contributed by atoms with E-state index in [1.807, 2.05) is 30.3 Å². The van der Waals surface area contributed by atoms with Gasteiger partial charge in [0.2, 0.25) is 0 Å². The number of pyridine rings is 1. The topological polar surface area (TPSA) is 105 Å². The SMILES string of the molecule is CN(C(=O)c1cc(Nc2cccc3cccnc23)ncn1)C1CCS(=O)(=O)C1. The van der Waals surface area contributed by atoms with Gasteiger partial charge in [-0.1, -0.05) is 18.2 Å². The van der Waals surface area contributed by atoms with E-state index in [-0.39, 0.29) is 29.1 Å². The third-order valence-electron chi connectivity index (χ3n) is 4.86. The lowest BCUT2D eigenvalue weighted by molar-refractivity contribution is 0.0741. The lowest BCUT2D eigenvalue weighted by Gasteiger charge is -2.23. The van der Waals surface area contributed by atoms with Crippen LogP contribution in [0.25, 0.3) is 10.9 Å². The molecule has 1 aliphatic rings. The van der Waals surface area contributed by atoms with Gasteiger partial charge in [-0.3, -0.25) is 9.78 Å². The summed E-state index contributed by atoms with van der Waals surface area (Å²) in [6.45, 7) is 0. The van der Waals surface area contributed by atoms with Crippen LogP contribution in [0.2, 0.25) is 0 Å². The van der Waals surface area contributed by atoms with E-state index in [4.69, 9.17) is 0 Å². The Morgan fingerprint density at radius 2 is 2.00 bits per heavy atom. The predicted octanol–water partition coefficient (Wildman–Crippen LogP) is 2.03. The van der Waals surface area contributed by atoms with Gasteiger partial charge in [-0.2, -0.15) is 0 Å². The van der Waals surface area contributed by atoms with Crippen LogP contribution in [-0.4, -0.2) is 58.8 Å². The maximum Gasteiger partial charge on any atom is 0.272 e. The summed E-state index contributed by atoms with van der Waals surface area (Å²) in [6, 6.07) is 10.8. The summed E-state index contributed by atoms with van der Waals surface area (Å²) < 4.78 is 23.4. The molecule has 144 valence electrons. The average molecular weight is 397 g/mol. The summed E-state index contributed by atoms with van der Waals surface area (Å²) in [5, 5.41) is 4.17. The van der Waals surface area contributed by atoms with E-state index in [0.29, 0.717) is 12.2 Å². The number of amides is 1. The fourth-order valence-corrected chi connectivity index (χ4v) is 5.09. The molecule has 1 aliphatic heterocycles. The zero-order valence-corrected chi connectivity index (χ0v) is 16.1. The zero-order chi connectivity index (χ0) is 19.7. The first-order chi connectivity index (χ1) is 13.4. The first-order valence-electron chi connectivity index (χ1n) is 8.83. The van der Waals surface area contributed by atoms with Gasteiger partial charge in [0.05, 0.1) is 22.7 Å². The molecule has 0 radical (unpaired) electrons. The number of nitrogens with one attached hydrogen (secondary N) is 1. The molecule has 1 amide bonds. The second-order valence-corrected chi connectivity index (χ2v) is 9.00. The number of aromatic nitrogens is 3. The number of benzene rings is 1. The van der Waals surface area contributed by atoms with E-state index >= 15 is 0 Å². The van der Waals surface area contributed by atoms with Crippen molar-refractivity contribution in [2.75, 3.05) is 23.9 Å². The summed E-state index contributed by atoms with van der Waals surface area (Å²) in [4.78, 5) is 26.9. The highest BCUT2D eigenvalue weighted by atomic mass is 32.2. The van der Waals surface area contributed by atoms with Crippen molar-refractivity contribution >= 4 is 38.2 Å². The molecular formula is C19H19N5O3S. The van der Waals surface area contributed by atoms with Gasteiger partial charge in [0.15, 0.2) is 9.84 Å². The summed E-state index contributed by atoms with van der Waals surface area (Å²) in [7, 11) is -1.46. The van der Waals surface area contributed by atoms with Crippen LogP contribution in [0.1, 0.15) is 16.9 Å². The molecule has 1 saturated heterocycles. The van der Waals surface area contributed by atoms with Crippen LogP contribution in [0.4, 0.5) is 11.5 Å². The van der Waals surface area contributed by atoms with Crippen molar-refractivity contribution in [2.45, 2.75) is 12.5 Å². The number of carbonyl (C=O) groups excluding carboxylic acids is 1. The molecule has 8 nitrogen and oxygen atoms in total. The van der Waals surface area contributed by atoms with Gasteiger partial charge in [0.1, 0.15) is 17.8 Å². The van der Waals surface area contributed by atoms with Crippen molar-refractivity contribution in [3.05, 3.63) is 54.6 Å². The monoisotopic (exact) mass is 397 g/mol. The molecule has 0 aliphatic carbocycles. The summed E-state index contributed by atoms with van der Waals surface area (Å²) in [5.74, 6) is 0.236. The van der Waals surface area contributed by atoms with Gasteiger partial charge in [0.25, 0.3) is 5.91 Å². The molecule has 9 heteroatoms. The van der Waals surface area contributed by atoms with Crippen molar-refractivity contribution < 1.29 is 13.2 Å². The number of para-hydroxylation sites is 1. The molecule has 0 bridgehead atoms. The molecule has 28 heavy (non-hydrogen) atoms. The smallest absolute Gasteiger partial charge is 0.272 e. The molecular weight excluding hydrogens is 378 g/mol. The Hall–Kier alpha value is -3.07. The normalized spacial score (nSPS) is 18.1. The molecule has 1 N–H and O–H groups in total. The van der Waals surface area contributed by atoms with E-state index < -0.39 is 9.84 Å². The van der Waals surface area contributed by atoms with Crippen molar-refractivity contribution in [3.8, 4) is 0 Å². The highest BCUT2D eigenvalue weighted by molar-refractivity contribution is 7.91. The van der Waals surface area contributed by atoms with Crippen molar-refractivity contribution in [1.29, 1.82) is 0 Å². The van der Waals surface area contributed by atoms with Crippen molar-refractivity contribution in [1.82, 2.24) is 19.9 Å². The van der Waals surface area contributed by atoms with E-state index in [2.05, 4.69) is 20.3 Å². The minimum absolute atomic E-state index is 0.00684. The van der Waals surface area contributed by atoms with Gasteiger partial charge in [-0.15, -0.1) is 0 Å². The quantitative estimate of drug-likeness (QED) is 0.718. The van der Waals surface area contributed by atoms with Gasteiger partial charge in [0, 0.05) is 30.7 Å². The van der Waals surface area contributed by atoms with E-state index in [9.17, 15) is 13.2 Å². The minimum Gasteiger partial charge on any atom is -0.338 e. The maximum atomic E-state index is 12.8. The maximum absolute atomic E-state index is 12.8. The second-order valence-electron chi connectivity index (χ2n) is 6.77. The van der Waals surface area contributed by atoms with Crippen LogP contribution in [0.15, 0.2) is 48.9 Å². The summed E-state index contributed by atoms with van der Waals surface area (Å²) >= 11 is 0. The number of rotatable bonds is 4. The highest BCUT2D eigenvalue weighted by Crippen LogP contribution is 2.24. The number of fused-ring (bicyclic) bond motifs is 1. The molecule has 4 rings (SSSR count). The second kappa shape index (κ2) is 7.16. The number of sulfone groups is 1. The Kier molecular flexibility index (Phi) is 4.68. The Bertz CT molecular complexity index is 1140. The lowest BCUT2D eigenvalue weighted by atomic mass is 10.2. The number of nitrogens with zero attached hydrogens (tertiary/aromatic N) is 4. The Balaban J connectivity index is 1.57. The first kappa shape index (κ1) is 18.3. The summed E-state index contributed by atoms with van der Waals surface area (Å²) in [5.41, 5.74) is 1.77. The van der Waals surface area contributed by atoms with Gasteiger partial charge in [-0.05, 0) is 18.6 Å². The van der Waals surface area contributed by atoms with Crippen LogP contribution in [-0.2, 0) is 9.84 Å². The molecule has 0 saturated carbocycles. The van der Waals surface area contributed by atoms with E-state index in [1.54, 1.807) is 19.3 Å². The summed E-state index contributed by atoms with van der Waals surface area (Å²) in [6.07, 6.45) is 3.48. The van der Waals surface area contributed by atoms with Crippen LogP contribution in [0, 0.1) is 0 Å². The molecule has 1 atom stereocenters. The molecule has 1 unspecified atom stereocenters. The third-order valence-corrected chi connectivity index (χ3v) is 6.61. The first-order valence-corrected chi connectivity index (χ1v) is 10.7. The molecule has 2 aromatic heterocycles. The number of hydrogen-bond donors (Lipinski definition) is 1.